The van der Waals surface area contributed by atoms with Crippen LogP contribution in [0.1, 0.15) is 36.1 Å². The maximum Gasteiger partial charge on any atom is 0.273 e. The van der Waals surface area contributed by atoms with Crippen LogP contribution in [-0.4, -0.2) is 30.3 Å². The van der Waals surface area contributed by atoms with Crippen LogP contribution in [0.15, 0.2) is 35.2 Å². The zero-order valence-electron chi connectivity index (χ0n) is 12.2. The van der Waals surface area contributed by atoms with Gasteiger partial charge in [-0.3, -0.25) is 9.48 Å². The van der Waals surface area contributed by atoms with Gasteiger partial charge >= 0.3 is 0 Å². The summed E-state index contributed by atoms with van der Waals surface area (Å²) in [5.41, 5.74) is 1.73. The van der Waals surface area contributed by atoms with E-state index in [2.05, 4.69) is 36.4 Å². The lowest BCUT2D eigenvalue weighted by molar-refractivity contribution is 0.0933. The highest BCUT2D eigenvalue weighted by molar-refractivity contribution is 9.10. The average Bonchev–Trinajstić information content (AvgIpc) is 3.12. The summed E-state index contributed by atoms with van der Waals surface area (Å²) in [6, 6.07) is 3.45. The summed E-state index contributed by atoms with van der Waals surface area (Å²) in [7, 11) is 0. The molecule has 7 nitrogen and oxygen atoms in total. The SMILES string of the molecule is CCn1ccc(C(C)NC(=O)c2nn3cccnc3c2Br)n1. The largest absolute Gasteiger partial charge is 0.342 e. The summed E-state index contributed by atoms with van der Waals surface area (Å²) in [6.07, 6.45) is 5.29. The Hall–Kier alpha value is -2.22. The molecule has 0 aliphatic carbocycles. The lowest BCUT2D eigenvalue weighted by atomic mass is 10.2. The first-order valence-corrected chi connectivity index (χ1v) is 7.72. The molecule has 3 heterocycles. The summed E-state index contributed by atoms with van der Waals surface area (Å²) in [4.78, 5) is 16.6. The van der Waals surface area contributed by atoms with Crippen LogP contribution in [0, 0.1) is 0 Å². The first-order valence-electron chi connectivity index (χ1n) is 6.93. The zero-order chi connectivity index (χ0) is 15.7. The molecule has 0 saturated carbocycles. The molecule has 1 amide bonds. The third-order valence-corrected chi connectivity index (χ3v) is 4.06. The van der Waals surface area contributed by atoms with Gasteiger partial charge in [0.1, 0.15) is 0 Å². The van der Waals surface area contributed by atoms with Gasteiger partial charge in [-0.2, -0.15) is 10.2 Å². The number of aromatic nitrogens is 5. The molecule has 3 aromatic heterocycles. The molecule has 114 valence electrons. The highest BCUT2D eigenvalue weighted by Gasteiger charge is 2.21. The molecule has 0 spiro atoms. The quantitative estimate of drug-likeness (QED) is 0.771. The van der Waals surface area contributed by atoms with E-state index in [4.69, 9.17) is 0 Å². The highest BCUT2D eigenvalue weighted by atomic mass is 79.9. The van der Waals surface area contributed by atoms with Crippen molar-refractivity contribution in [1.29, 1.82) is 0 Å². The van der Waals surface area contributed by atoms with Crippen LogP contribution < -0.4 is 5.32 Å². The number of fused-ring (bicyclic) bond motifs is 1. The fraction of sp³-hybridized carbons (Fsp3) is 0.286. The van der Waals surface area contributed by atoms with Crippen LogP contribution in [-0.2, 0) is 6.54 Å². The molecule has 0 saturated heterocycles. The maximum absolute atomic E-state index is 12.4. The van der Waals surface area contributed by atoms with Crippen molar-refractivity contribution in [2.45, 2.75) is 26.4 Å². The Kier molecular flexibility index (Phi) is 3.93. The number of amides is 1. The van der Waals surface area contributed by atoms with E-state index in [9.17, 15) is 4.79 Å². The second kappa shape index (κ2) is 5.88. The Morgan fingerprint density at radius 1 is 1.41 bits per heavy atom. The third kappa shape index (κ3) is 2.61. The minimum Gasteiger partial charge on any atom is -0.342 e. The summed E-state index contributed by atoms with van der Waals surface area (Å²) < 4.78 is 3.97. The number of nitrogens with one attached hydrogen (secondary N) is 1. The standard InChI is InChI=1S/C14H15BrN6O/c1-3-20-8-5-10(18-20)9(2)17-14(22)12-11(15)13-16-6-4-7-21(13)19-12/h4-9H,3H2,1-2H3,(H,17,22). The minimum atomic E-state index is -0.268. The van der Waals surface area contributed by atoms with E-state index in [1.807, 2.05) is 30.8 Å². The predicted octanol–water partition coefficient (Wildman–Crippen LogP) is 2.20. The van der Waals surface area contributed by atoms with Crippen molar-refractivity contribution >= 4 is 27.5 Å². The summed E-state index contributed by atoms with van der Waals surface area (Å²) in [5.74, 6) is -0.268. The van der Waals surface area contributed by atoms with Crippen molar-refractivity contribution in [3.05, 3.63) is 46.6 Å². The summed E-state index contributed by atoms with van der Waals surface area (Å²) >= 11 is 3.39. The van der Waals surface area contributed by atoms with Gasteiger partial charge in [-0.15, -0.1) is 0 Å². The number of rotatable bonds is 4. The fourth-order valence-electron chi connectivity index (χ4n) is 2.13. The zero-order valence-corrected chi connectivity index (χ0v) is 13.8. The number of hydrogen-bond donors (Lipinski definition) is 1. The summed E-state index contributed by atoms with van der Waals surface area (Å²) in [5, 5.41) is 11.5. The van der Waals surface area contributed by atoms with Crippen molar-refractivity contribution in [2.75, 3.05) is 0 Å². The average molecular weight is 363 g/mol. The molecule has 22 heavy (non-hydrogen) atoms. The molecule has 0 radical (unpaired) electrons. The number of nitrogens with zero attached hydrogens (tertiary/aromatic N) is 5. The Morgan fingerprint density at radius 2 is 2.23 bits per heavy atom. The Morgan fingerprint density at radius 3 is 2.91 bits per heavy atom. The van der Waals surface area contributed by atoms with E-state index >= 15 is 0 Å². The highest BCUT2D eigenvalue weighted by Crippen LogP contribution is 2.21. The number of carbonyl (C=O) groups excluding carboxylic acids is 1. The molecule has 1 unspecified atom stereocenters. The van der Waals surface area contributed by atoms with Gasteiger partial charge in [0.15, 0.2) is 11.3 Å². The van der Waals surface area contributed by atoms with E-state index in [1.165, 1.54) is 0 Å². The molecule has 3 rings (SSSR count). The molecule has 8 heteroatoms. The van der Waals surface area contributed by atoms with Crippen molar-refractivity contribution in [3.8, 4) is 0 Å². The van der Waals surface area contributed by atoms with Crippen LogP contribution in [0.4, 0.5) is 0 Å². The minimum absolute atomic E-state index is 0.204. The molecule has 1 atom stereocenters. The number of carbonyl (C=O) groups is 1. The Bertz CT molecular complexity index is 824. The van der Waals surface area contributed by atoms with Crippen molar-refractivity contribution < 1.29 is 4.79 Å². The monoisotopic (exact) mass is 362 g/mol. The smallest absolute Gasteiger partial charge is 0.273 e. The second-order valence-corrected chi connectivity index (χ2v) is 5.63. The molecular weight excluding hydrogens is 348 g/mol. The van der Waals surface area contributed by atoms with Crippen LogP contribution >= 0.6 is 15.9 Å². The van der Waals surface area contributed by atoms with E-state index in [0.29, 0.717) is 15.8 Å². The summed E-state index contributed by atoms with van der Waals surface area (Å²) in [6.45, 7) is 4.70. The van der Waals surface area contributed by atoms with Gasteiger partial charge in [0.25, 0.3) is 5.91 Å². The van der Waals surface area contributed by atoms with E-state index in [0.717, 1.165) is 12.2 Å². The van der Waals surface area contributed by atoms with Crippen LogP contribution in [0.25, 0.3) is 5.65 Å². The van der Waals surface area contributed by atoms with Crippen molar-refractivity contribution in [1.82, 2.24) is 29.7 Å². The molecule has 0 aliphatic heterocycles. The van der Waals surface area contributed by atoms with E-state index < -0.39 is 0 Å². The number of hydrogen-bond acceptors (Lipinski definition) is 4. The van der Waals surface area contributed by atoms with Gasteiger partial charge in [0.2, 0.25) is 0 Å². The molecule has 0 bridgehead atoms. The van der Waals surface area contributed by atoms with Crippen molar-refractivity contribution in [3.63, 3.8) is 0 Å². The first kappa shape index (κ1) is 14.7. The Labute approximate surface area is 135 Å². The van der Waals surface area contributed by atoms with E-state index in [-0.39, 0.29) is 11.9 Å². The molecule has 0 fully saturated rings. The lowest BCUT2D eigenvalue weighted by Gasteiger charge is -2.10. The van der Waals surface area contributed by atoms with Gasteiger partial charge in [-0.05, 0) is 41.9 Å². The molecule has 1 N–H and O–H groups in total. The second-order valence-electron chi connectivity index (χ2n) is 4.84. The van der Waals surface area contributed by atoms with Crippen LogP contribution in [0.3, 0.4) is 0 Å². The van der Waals surface area contributed by atoms with Gasteiger partial charge in [0, 0.05) is 25.1 Å². The van der Waals surface area contributed by atoms with Gasteiger partial charge in [-0.1, -0.05) is 0 Å². The molecule has 3 aromatic rings. The predicted molar refractivity (Wildman–Crippen MR) is 84.5 cm³/mol. The van der Waals surface area contributed by atoms with Gasteiger partial charge < -0.3 is 5.32 Å². The first-order chi connectivity index (χ1) is 10.6. The normalized spacial score (nSPS) is 12.5. The molecule has 0 aromatic carbocycles. The van der Waals surface area contributed by atoms with Crippen LogP contribution in [0.2, 0.25) is 0 Å². The molecular formula is C14H15BrN6O. The maximum atomic E-state index is 12.4. The van der Waals surface area contributed by atoms with Gasteiger partial charge in [-0.25, -0.2) is 9.50 Å². The Balaban J connectivity index is 1.82. The van der Waals surface area contributed by atoms with Gasteiger partial charge in [0.05, 0.1) is 16.2 Å². The van der Waals surface area contributed by atoms with Crippen molar-refractivity contribution in [2.24, 2.45) is 0 Å². The van der Waals surface area contributed by atoms with E-state index in [1.54, 1.807) is 23.0 Å². The number of halogens is 1. The van der Waals surface area contributed by atoms with Crippen LogP contribution in [0.5, 0.6) is 0 Å². The third-order valence-electron chi connectivity index (χ3n) is 3.33. The molecule has 0 aliphatic rings. The number of aryl methyl sites for hydroxylation is 1. The topological polar surface area (TPSA) is 77.1 Å². The fourth-order valence-corrected chi connectivity index (χ4v) is 2.67. The lowest BCUT2D eigenvalue weighted by Crippen LogP contribution is -2.27.